The zero-order valence-electron chi connectivity index (χ0n) is 22.4. The number of nitrogens with zero attached hydrogens (tertiary/aromatic N) is 6. The van der Waals surface area contributed by atoms with E-state index in [4.69, 9.17) is 24.5 Å². The molecule has 1 aromatic carbocycles. The molecular formula is C27H33FN8O4. The van der Waals surface area contributed by atoms with Crippen molar-refractivity contribution in [3.8, 4) is 11.4 Å². The lowest BCUT2D eigenvalue weighted by atomic mass is 10.1. The van der Waals surface area contributed by atoms with E-state index in [1.54, 1.807) is 17.0 Å². The van der Waals surface area contributed by atoms with Gasteiger partial charge in [-0.25, -0.2) is 28.6 Å². The van der Waals surface area contributed by atoms with Crippen molar-refractivity contribution < 1.29 is 23.5 Å². The summed E-state index contributed by atoms with van der Waals surface area (Å²) in [5, 5.41) is 10.8. The topological polar surface area (TPSA) is 127 Å². The van der Waals surface area contributed by atoms with Crippen LogP contribution < -0.4 is 15.5 Å². The van der Waals surface area contributed by atoms with Gasteiger partial charge in [-0.05, 0) is 49.9 Å². The van der Waals surface area contributed by atoms with E-state index in [9.17, 15) is 14.0 Å². The number of hydrogen-bond acceptors (Lipinski definition) is 8. The molecule has 3 fully saturated rings. The van der Waals surface area contributed by atoms with E-state index in [0.29, 0.717) is 24.6 Å². The summed E-state index contributed by atoms with van der Waals surface area (Å²) in [5.74, 6) is 1.40. The van der Waals surface area contributed by atoms with E-state index in [0.717, 1.165) is 61.2 Å². The predicted octanol–water partition coefficient (Wildman–Crippen LogP) is 3.36. The van der Waals surface area contributed by atoms with Crippen LogP contribution in [0.4, 0.5) is 25.5 Å². The van der Waals surface area contributed by atoms with Crippen molar-refractivity contribution in [2.45, 2.75) is 43.9 Å². The molecule has 2 atom stereocenters. The van der Waals surface area contributed by atoms with Crippen LogP contribution >= 0.6 is 0 Å². The van der Waals surface area contributed by atoms with E-state index in [1.165, 1.54) is 7.11 Å². The smallest absolute Gasteiger partial charge is 0.409 e. The maximum Gasteiger partial charge on any atom is 0.409 e. The number of ether oxygens (including phenoxy) is 2. The number of benzene rings is 1. The van der Waals surface area contributed by atoms with Gasteiger partial charge in [-0.15, -0.1) is 0 Å². The fourth-order valence-electron chi connectivity index (χ4n) is 5.80. The summed E-state index contributed by atoms with van der Waals surface area (Å²) >= 11 is 0. The molecule has 3 aromatic rings. The molecule has 5 heterocycles. The standard InChI is InChI=1S/C27H33FN8O4/c1-39-27(38)34-12-8-19(9-13-34)36-25-22(14-30-36)24(35-15-20-6-7-21(16-35)40-20)32-23(33-25)17-2-4-18(5-3-17)31-26(37)29-11-10-28/h2-5,14,19-21H,6-13,15-16H2,1H3,(H2,29,31,37). The lowest BCUT2D eigenvalue weighted by Gasteiger charge is -2.33. The Morgan fingerprint density at radius 1 is 1.07 bits per heavy atom. The Hall–Kier alpha value is -4.00. The van der Waals surface area contributed by atoms with Crippen LogP contribution in [0.15, 0.2) is 30.5 Å². The van der Waals surface area contributed by atoms with Crippen molar-refractivity contribution in [2.24, 2.45) is 0 Å². The molecule has 40 heavy (non-hydrogen) atoms. The average molecular weight is 553 g/mol. The number of carbonyl (C=O) groups excluding carboxylic acids is 2. The lowest BCUT2D eigenvalue weighted by Crippen LogP contribution is -2.43. The first-order chi connectivity index (χ1) is 19.5. The van der Waals surface area contributed by atoms with E-state index < -0.39 is 12.7 Å². The van der Waals surface area contributed by atoms with Crippen molar-refractivity contribution in [1.82, 2.24) is 30.0 Å². The number of anilines is 2. The molecule has 2 bridgehead atoms. The van der Waals surface area contributed by atoms with E-state index in [-0.39, 0.29) is 30.9 Å². The van der Waals surface area contributed by atoms with Crippen LogP contribution in [0.25, 0.3) is 22.4 Å². The van der Waals surface area contributed by atoms with Gasteiger partial charge in [0.05, 0.1) is 36.9 Å². The third-order valence-corrected chi connectivity index (χ3v) is 7.80. The second kappa shape index (κ2) is 11.2. The zero-order valence-corrected chi connectivity index (χ0v) is 22.4. The van der Waals surface area contributed by atoms with Crippen LogP contribution in [-0.2, 0) is 9.47 Å². The van der Waals surface area contributed by atoms with Gasteiger partial charge in [0.1, 0.15) is 12.5 Å². The molecule has 0 aliphatic carbocycles. The first kappa shape index (κ1) is 26.2. The molecule has 13 heteroatoms. The highest BCUT2D eigenvalue weighted by Gasteiger charge is 2.36. The molecule has 3 saturated heterocycles. The monoisotopic (exact) mass is 552 g/mol. The van der Waals surface area contributed by atoms with Gasteiger partial charge < -0.3 is 29.9 Å². The molecular weight excluding hydrogens is 519 g/mol. The molecule has 2 unspecified atom stereocenters. The first-order valence-electron chi connectivity index (χ1n) is 13.7. The van der Waals surface area contributed by atoms with Gasteiger partial charge in [0.25, 0.3) is 0 Å². The third kappa shape index (κ3) is 5.25. The summed E-state index contributed by atoms with van der Waals surface area (Å²) in [7, 11) is 1.40. The van der Waals surface area contributed by atoms with Gasteiger partial charge in [0.2, 0.25) is 0 Å². The Morgan fingerprint density at radius 2 is 1.80 bits per heavy atom. The van der Waals surface area contributed by atoms with Gasteiger partial charge in [-0.2, -0.15) is 5.10 Å². The molecule has 0 spiro atoms. The first-order valence-corrected chi connectivity index (χ1v) is 13.7. The highest BCUT2D eigenvalue weighted by Crippen LogP contribution is 2.35. The molecule has 6 rings (SSSR count). The Morgan fingerprint density at radius 3 is 2.48 bits per heavy atom. The molecule has 3 aliphatic heterocycles. The average Bonchev–Trinajstić information content (AvgIpc) is 3.57. The minimum atomic E-state index is -0.625. The molecule has 0 radical (unpaired) electrons. The van der Waals surface area contributed by atoms with Crippen LogP contribution in [0.5, 0.6) is 0 Å². The summed E-state index contributed by atoms with van der Waals surface area (Å²) in [6, 6.07) is 6.88. The number of aromatic nitrogens is 4. The molecule has 2 aromatic heterocycles. The van der Waals surface area contributed by atoms with E-state index in [1.807, 2.05) is 23.0 Å². The lowest BCUT2D eigenvalue weighted by molar-refractivity contribution is 0.0303. The number of halogens is 1. The maximum absolute atomic E-state index is 12.4. The number of nitrogens with one attached hydrogen (secondary N) is 2. The number of methoxy groups -OCH3 is 1. The SMILES string of the molecule is COC(=O)N1CCC(n2ncc3c(N4CC5CCC(C4)O5)nc(-c4ccc(NC(=O)NCCF)cc4)nc32)CC1. The Labute approximate surface area is 230 Å². The Bertz CT molecular complexity index is 1360. The van der Waals surface area contributed by atoms with Crippen molar-refractivity contribution >= 4 is 34.7 Å². The second-order valence-electron chi connectivity index (χ2n) is 10.4. The number of fused-ring (bicyclic) bond motifs is 3. The number of urea groups is 1. The van der Waals surface area contributed by atoms with Gasteiger partial charge in [-0.3, -0.25) is 0 Å². The highest BCUT2D eigenvalue weighted by atomic mass is 19.1. The molecule has 212 valence electrons. The molecule has 3 aliphatic rings. The number of alkyl halides is 1. The number of carbonyl (C=O) groups is 2. The van der Waals surface area contributed by atoms with Crippen molar-refractivity contribution in [2.75, 3.05) is 56.7 Å². The molecule has 0 saturated carbocycles. The van der Waals surface area contributed by atoms with Crippen LogP contribution in [-0.4, -0.2) is 95.5 Å². The van der Waals surface area contributed by atoms with E-state index >= 15 is 0 Å². The Kier molecular flexibility index (Phi) is 7.37. The van der Waals surface area contributed by atoms with Crippen molar-refractivity contribution in [1.29, 1.82) is 0 Å². The largest absolute Gasteiger partial charge is 0.453 e. The van der Waals surface area contributed by atoms with Gasteiger partial charge in [0, 0.05) is 44.0 Å². The van der Waals surface area contributed by atoms with Gasteiger partial charge in [-0.1, -0.05) is 0 Å². The third-order valence-electron chi connectivity index (χ3n) is 7.80. The van der Waals surface area contributed by atoms with E-state index in [2.05, 4.69) is 15.5 Å². The summed E-state index contributed by atoms with van der Waals surface area (Å²) in [5.41, 5.74) is 2.12. The number of amides is 3. The van der Waals surface area contributed by atoms with Crippen LogP contribution in [0.3, 0.4) is 0 Å². The number of hydrogen-bond donors (Lipinski definition) is 2. The molecule has 3 amide bonds. The summed E-state index contributed by atoms with van der Waals surface area (Å²) in [4.78, 5) is 37.9. The maximum atomic E-state index is 12.4. The minimum absolute atomic E-state index is 0.0425. The highest BCUT2D eigenvalue weighted by molar-refractivity contribution is 5.90. The second-order valence-corrected chi connectivity index (χ2v) is 10.4. The van der Waals surface area contributed by atoms with Crippen LogP contribution in [0.1, 0.15) is 31.7 Å². The van der Waals surface area contributed by atoms with Crippen molar-refractivity contribution in [3.63, 3.8) is 0 Å². The number of piperidine rings is 1. The minimum Gasteiger partial charge on any atom is -0.453 e. The number of likely N-dealkylation sites (tertiary alicyclic amines) is 1. The van der Waals surface area contributed by atoms with Crippen LogP contribution in [0, 0.1) is 0 Å². The van der Waals surface area contributed by atoms with Crippen molar-refractivity contribution in [3.05, 3.63) is 30.5 Å². The van der Waals surface area contributed by atoms with Gasteiger partial charge in [0.15, 0.2) is 11.5 Å². The van der Waals surface area contributed by atoms with Gasteiger partial charge >= 0.3 is 12.1 Å². The fourth-order valence-corrected chi connectivity index (χ4v) is 5.80. The van der Waals surface area contributed by atoms with Crippen LogP contribution in [0.2, 0.25) is 0 Å². The zero-order chi connectivity index (χ0) is 27.6. The summed E-state index contributed by atoms with van der Waals surface area (Å²) < 4.78 is 25.3. The normalized spacial score (nSPS) is 21.1. The number of morpholine rings is 1. The Balaban J connectivity index is 1.32. The fraction of sp³-hybridized carbons (Fsp3) is 0.519. The predicted molar refractivity (Wildman–Crippen MR) is 146 cm³/mol. The summed E-state index contributed by atoms with van der Waals surface area (Å²) in [6.45, 7) is 2.04. The molecule has 12 nitrogen and oxygen atoms in total. The quantitative estimate of drug-likeness (QED) is 0.477. The summed E-state index contributed by atoms with van der Waals surface area (Å²) in [6.07, 6.45) is 5.51. The molecule has 2 N–H and O–H groups in total. The number of rotatable bonds is 6.